The van der Waals surface area contributed by atoms with Gasteiger partial charge in [0.15, 0.2) is 0 Å². The summed E-state index contributed by atoms with van der Waals surface area (Å²) in [4.78, 5) is 38.4. The highest BCUT2D eigenvalue weighted by Gasteiger charge is 2.59. The maximum atomic E-state index is 12.5. The fourth-order valence-corrected chi connectivity index (χ4v) is 4.90. The molecule has 4 atom stereocenters. The molecule has 2 fully saturated rings. The average Bonchev–Trinajstić information content (AvgIpc) is 3.30. The van der Waals surface area contributed by atoms with Crippen LogP contribution in [0.25, 0.3) is 0 Å². The van der Waals surface area contributed by atoms with Crippen LogP contribution in [0.5, 0.6) is 0 Å². The lowest BCUT2D eigenvalue weighted by molar-refractivity contribution is -0.143. The van der Waals surface area contributed by atoms with Gasteiger partial charge in [0.2, 0.25) is 22.9 Å². The van der Waals surface area contributed by atoms with Gasteiger partial charge in [-0.3, -0.25) is 24.6 Å². The minimum atomic E-state index is -0.406. The smallest absolute Gasteiger partial charge is 0.246 e. The number of likely N-dealkylation sites (tertiary alicyclic amines) is 1. The molecular weight excluding hydrogens is 328 g/mol. The van der Waals surface area contributed by atoms with Gasteiger partial charge in [-0.05, 0) is 24.7 Å². The lowest BCUT2D eigenvalue weighted by atomic mass is 9.85. The zero-order chi connectivity index (χ0) is 16.8. The van der Waals surface area contributed by atoms with Gasteiger partial charge in [-0.1, -0.05) is 30.4 Å². The van der Waals surface area contributed by atoms with Crippen LogP contribution in [0, 0.1) is 23.7 Å². The Labute approximate surface area is 143 Å². The zero-order valence-corrected chi connectivity index (χ0v) is 14.1. The fourth-order valence-electron chi connectivity index (χ4n) is 4.04. The van der Waals surface area contributed by atoms with Crippen LogP contribution in [0.4, 0.5) is 5.13 Å². The molecule has 1 saturated carbocycles. The molecule has 7 nitrogen and oxygen atoms in total. The molecule has 1 aromatic heterocycles. The molecular formula is C16H18N4O3S. The monoisotopic (exact) mass is 346 g/mol. The average molecular weight is 346 g/mol. The number of carbonyl (C=O) groups excluding carboxylic acids is 3. The van der Waals surface area contributed by atoms with Gasteiger partial charge in [-0.25, -0.2) is 0 Å². The van der Waals surface area contributed by atoms with Gasteiger partial charge >= 0.3 is 0 Å². The van der Waals surface area contributed by atoms with Crippen LogP contribution in [0.3, 0.4) is 0 Å². The second-order valence-corrected chi connectivity index (χ2v) is 7.62. The second kappa shape index (κ2) is 5.77. The highest BCUT2D eigenvalue weighted by Crippen LogP contribution is 2.52. The van der Waals surface area contributed by atoms with Gasteiger partial charge in [0.05, 0.1) is 11.8 Å². The third-order valence-corrected chi connectivity index (χ3v) is 5.94. The van der Waals surface area contributed by atoms with E-state index < -0.39 is 5.91 Å². The predicted octanol–water partition coefficient (Wildman–Crippen LogP) is 1.24. The number of allylic oxidation sites excluding steroid dienone is 2. The number of hydrogen-bond acceptors (Lipinski definition) is 6. The normalized spacial score (nSPS) is 30.3. The molecule has 3 aliphatic rings. The van der Waals surface area contributed by atoms with Gasteiger partial charge in [0, 0.05) is 6.42 Å². The Kier molecular flexibility index (Phi) is 3.71. The van der Waals surface area contributed by atoms with Crippen molar-refractivity contribution in [3.63, 3.8) is 0 Å². The molecule has 0 aromatic carbocycles. The van der Waals surface area contributed by atoms with Crippen molar-refractivity contribution in [2.24, 2.45) is 23.7 Å². The number of aromatic nitrogens is 2. The summed E-state index contributed by atoms with van der Waals surface area (Å²) in [5.74, 6) is -1.04. The zero-order valence-electron chi connectivity index (χ0n) is 13.3. The van der Waals surface area contributed by atoms with Crippen LogP contribution in [-0.4, -0.2) is 39.4 Å². The number of aryl methyl sites for hydroxylation is 1. The summed E-state index contributed by atoms with van der Waals surface area (Å²) in [5.41, 5.74) is 0. The molecule has 1 aromatic rings. The van der Waals surface area contributed by atoms with Crippen molar-refractivity contribution in [3.8, 4) is 0 Å². The van der Waals surface area contributed by atoms with E-state index in [1.807, 2.05) is 19.1 Å². The van der Waals surface area contributed by atoms with E-state index in [9.17, 15) is 14.4 Å². The van der Waals surface area contributed by atoms with E-state index in [1.165, 1.54) is 11.3 Å². The number of nitrogens with one attached hydrogen (secondary N) is 1. The van der Waals surface area contributed by atoms with Crippen molar-refractivity contribution in [2.45, 2.75) is 26.2 Å². The topological polar surface area (TPSA) is 92.3 Å². The number of imide groups is 1. The lowest BCUT2D eigenvalue weighted by Gasteiger charge is -2.16. The first kappa shape index (κ1) is 15.4. The quantitative estimate of drug-likeness (QED) is 0.640. The lowest BCUT2D eigenvalue weighted by Crippen LogP contribution is -2.39. The molecule has 1 aliphatic heterocycles. The first-order chi connectivity index (χ1) is 11.6. The van der Waals surface area contributed by atoms with Crippen molar-refractivity contribution in [2.75, 3.05) is 11.9 Å². The van der Waals surface area contributed by atoms with E-state index in [4.69, 9.17) is 0 Å². The largest absolute Gasteiger partial charge is 0.299 e. The third-order valence-electron chi connectivity index (χ3n) is 5.04. The minimum absolute atomic E-state index is 0.157. The van der Waals surface area contributed by atoms with Crippen LogP contribution in [0.1, 0.15) is 24.8 Å². The maximum absolute atomic E-state index is 12.5. The van der Waals surface area contributed by atoms with Crippen molar-refractivity contribution in [1.29, 1.82) is 0 Å². The van der Waals surface area contributed by atoms with Crippen LogP contribution >= 0.6 is 11.3 Å². The molecule has 0 radical (unpaired) electrons. The Hall–Kier alpha value is -2.09. The first-order valence-corrected chi connectivity index (χ1v) is 9.06. The van der Waals surface area contributed by atoms with Gasteiger partial charge in [0.1, 0.15) is 11.6 Å². The third kappa shape index (κ3) is 2.36. The molecule has 24 heavy (non-hydrogen) atoms. The molecule has 2 heterocycles. The molecule has 126 valence electrons. The van der Waals surface area contributed by atoms with E-state index in [1.54, 1.807) is 0 Å². The Morgan fingerprint density at radius 3 is 2.54 bits per heavy atom. The summed E-state index contributed by atoms with van der Waals surface area (Å²) in [5, 5.41) is 11.8. The summed E-state index contributed by atoms with van der Waals surface area (Å²) in [7, 11) is 0. The first-order valence-electron chi connectivity index (χ1n) is 8.24. The summed E-state index contributed by atoms with van der Waals surface area (Å²) in [6, 6.07) is 0. The van der Waals surface area contributed by atoms with Crippen LogP contribution in [-0.2, 0) is 20.8 Å². The molecule has 1 N–H and O–H groups in total. The Morgan fingerprint density at radius 2 is 1.92 bits per heavy atom. The summed E-state index contributed by atoms with van der Waals surface area (Å²) in [6.07, 6.45) is 6.74. The summed E-state index contributed by atoms with van der Waals surface area (Å²) >= 11 is 1.32. The molecule has 8 heteroatoms. The summed E-state index contributed by atoms with van der Waals surface area (Å²) < 4.78 is 0. The molecule has 1 saturated heterocycles. The van der Waals surface area contributed by atoms with Crippen molar-refractivity contribution in [3.05, 3.63) is 17.2 Å². The van der Waals surface area contributed by atoms with E-state index in [-0.39, 0.29) is 42.0 Å². The molecule has 2 bridgehead atoms. The molecule has 0 unspecified atom stereocenters. The van der Waals surface area contributed by atoms with Gasteiger partial charge < -0.3 is 0 Å². The van der Waals surface area contributed by atoms with E-state index in [2.05, 4.69) is 15.5 Å². The number of rotatable bonds is 5. The highest BCUT2D eigenvalue weighted by atomic mass is 32.1. The number of hydrogen-bond donors (Lipinski definition) is 1. The standard InChI is InChI=1S/C16H18N4O3S/c1-2-3-11-18-19-16(24-11)17-10(21)7-20-14(22)12-8-4-5-9(6-8)13(12)15(20)23/h4-5,8-9,12-13H,2-3,6-7H2,1H3,(H,17,19,21)/t8-,9-,12-,13+/m0/s1. The number of fused-ring (bicyclic) bond motifs is 5. The Morgan fingerprint density at radius 1 is 1.25 bits per heavy atom. The number of nitrogens with zero attached hydrogens (tertiary/aromatic N) is 3. The van der Waals surface area contributed by atoms with E-state index >= 15 is 0 Å². The molecule has 0 spiro atoms. The number of anilines is 1. The Bertz CT molecular complexity index is 713. The van der Waals surface area contributed by atoms with Gasteiger partial charge in [-0.2, -0.15) is 0 Å². The van der Waals surface area contributed by atoms with Crippen LogP contribution in [0.2, 0.25) is 0 Å². The number of carbonyl (C=O) groups is 3. The van der Waals surface area contributed by atoms with Crippen LogP contribution in [0.15, 0.2) is 12.2 Å². The van der Waals surface area contributed by atoms with Crippen LogP contribution < -0.4 is 5.32 Å². The highest BCUT2D eigenvalue weighted by molar-refractivity contribution is 7.15. The van der Waals surface area contributed by atoms with Gasteiger partial charge in [-0.15, -0.1) is 10.2 Å². The Balaban J connectivity index is 1.41. The number of amides is 3. The maximum Gasteiger partial charge on any atom is 0.246 e. The summed E-state index contributed by atoms with van der Waals surface area (Å²) in [6.45, 7) is 1.80. The van der Waals surface area contributed by atoms with E-state index in [0.29, 0.717) is 5.13 Å². The van der Waals surface area contributed by atoms with Crippen molar-refractivity contribution >= 4 is 34.2 Å². The fraction of sp³-hybridized carbons (Fsp3) is 0.562. The SMILES string of the molecule is CCCc1nnc(NC(=O)CN2C(=O)[C@@H]3[C@H](C2=O)[C@H]2C=C[C@H]3C2)s1. The van der Waals surface area contributed by atoms with Crippen molar-refractivity contribution in [1.82, 2.24) is 15.1 Å². The predicted molar refractivity (Wildman–Crippen MR) is 87.0 cm³/mol. The molecule has 4 rings (SSSR count). The minimum Gasteiger partial charge on any atom is -0.299 e. The van der Waals surface area contributed by atoms with Crippen molar-refractivity contribution < 1.29 is 14.4 Å². The van der Waals surface area contributed by atoms with Gasteiger partial charge in [0.25, 0.3) is 0 Å². The molecule has 2 aliphatic carbocycles. The second-order valence-electron chi connectivity index (χ2n) is 6.56. The molecule has 3 amide bonds. The van der Waals surface area contributed by atoms with E-state index in [0.717, 1.165) is 29.2 Å².